The van der Waals surface area contributed by atoms with E-state index < -0.39 is 0 Å². The summed E-state index contributed by atoms with van der Waals surface area (Å²) in [7, 11) is 0. The van der Waals surface area contributed by atoms with Crippen LogP contribution in [0.1, 0.15) is 37.3 Å². The first kappa shape index (κ1) is 17.0. The van der Waals surface area contributed by atoms with Gasteiger partial charge in [0.15, 0.2) is 0 Å². The fourth-order valence-electron chi connectivity index (χ4n) is 3.04. The number of rotatable bonds is 5. The molecule has 0 spiro atoms. The van der Waals surface area contributed by atoms with E-state index in [1.54, 1.807) is 11.8 Å². The first-order chi connectivity index (χ1) is 12.7. The Bertz CT molecular complexity index is 904. The first-order valence-electron chi connectivity index (χ1n) is 9.14. The van der Waals surface area contributed by atoms with Crippen LogP contribution in [0.5, 0.6) is 11.5 Å². The van der Waals surface area contributed by atoms with Crippen molar-refractivity contribution in [3.8, 4) is 11.5 Å². The van der Waals surface area contributed by atoms with Crippen LogP contribution in [0.2, 0.25) is 0 Å². The Morgan fingerprint density at radius 2 is 1.69 bits per heavy atom. The van der Waals surface area contributed by atoms with E-state index in [1.165, 1.54) is 22.4 Å². The van der Waals surface area contributed by atoms with Crippen molar-refractivity contribution in [1.82, 2.24) is 0 Å². The maximum Gasteiger partial charge on any atom is 0.143 e. The third-order valence-corrected chi connectivity index (χ3v) is 6.00. The van der Waals surface area contributed by atoms with Gasteiger partial charge in [0.1, 0.15) is 11.5 Å². The SMILES string of the molecule is CCC(C)c1ccc(CNc2ccc3c(c2)Oc2ccccc2S3)cc1. The minimum Gasteiger partial charge on any atom is -0.455 e. The molecule has 3 aromatic carbocycles. The van der Waals surface area contributed by atoms with Gasteiger partial charge in [0.05, 0.1) is 9.79 Å². The molecule has 1 atom stereocenters. The zero-order valence-electron chi connectivity index (χ0n) is 15.2. The lowest BCUT2D eigenvalue weighted by molar-refractivity contribution is 0.455. The number of benzene rings is 3. The highest BCUT2D eigenvalue weighted by Crippen LogP contribution is 2.47. The fourth-order valence-corrected chi connectivity index (χ4v) is 3.97. The van der Waals surface area contributed by atoms with Crippen LogP contribution in [0.15, 0.2) is 76.5 Å². The average molecular weight is 362 g/mol. The van der Waals surface area contributed by atoms with Gasteiger partial charge in [0.2, 0.25) is 0 Å². The van der Waals surface area contributed by atoms with Crippen LogP contribution in [-0.4, -0.2) is 0 Å². The number of para-hydroxylation sites is 1. The third kappa shape index (κ3) is 3.58. The lowest BCUT2D eigenvalue weighted by atomic mass is 9.98. The van der Waals surface area contributed by atoms with Gasteiger partial charge in [-0.1, -0.05) is 62.0 Å². The van der Waals surface area contributed by atoms with Gasteiger partial charge in [-0.25, -0.2) is 0 Å². The second-order valence-electron chi connectivity index (χ2n) is 6.72. The Labute approximate surface area is 159 Å². The summed E-state index contributed by atoms with van der Waals surface area (Å²) in [6.45, 7) is 5.31. The zero-order valence-corrected chi connectivity index (χ0v) is 16.0. The molecule has 0 saturated heterocycles. The van der Waals surface area contributed by atoms with Crippen molar-refractivity contribution in [2.45, 2.75) is 42.5 Å². The summed E-state index contributed by atoms with van der Waals surface area (Å²) in [4.78, 5) is 2.33. The van der Waals surface area contributed by atoms with Gasteiger partial charge in [-0.3, -0.25) is 0 Å². The van der Waals surface area contributed by atoms with E-state index in [0.29, 0.717) is 5.92 Å². The highest BCUT2D eigenvalue weighted by Gasteiger charge is 2.17. The summed E-state index contributed by atoms with van der Waals surface area (Å²) in [5.74, 6) is 2.48. The normalized spacial score (nSPS) is 13.3. The molecule has 0 aliphatic carbocycles. The van der Waals surface area contributed by atoms with E-state index in [9.17, 15) is 0 Å². The predicted octanol–water partition coefficient (Wildman–Crippen LogP) is 7.07. The predicted molar refractivity (Wildman–Crippen MR) is 110 cm³/mol. The number of hydrogen-bond donors (Lipinski definition) is 1. The van der Waals surface area contributed by atoms with Gasteiger partial charge in [-0.15, -0.1) is 0 Å². The largest absolute Gasteiger partial charge is 0.455 e. The Balaban J connectivity index is 1.44. The molecule has 3 aromatic rings. The Morgan fingerprint density at radius 3 is 2.50 bits per heavy atom. The zero-order chi connectivity index (χ0) is 17.9. The van der Waals surface area contributed by atoms with E-state index in [0.717, 1.165) is 28.6 Å². The first-order valence-corrected chi connectivity index (χ1v) is 9.96. The average Bonchev–Trinajstić information content (AvgIpc) is 2.70. The van der Waals surface area contributed by atoms with Gasteiger partial charge >= 0.3 is 0 Å². The van der Waals surface area contributed by atoms with Crippen molar-refractivity contribution < 1.29 is 4.74 Å². The highest BCUT2D eigenvalue weighted by atomic mass is 32.2. The van der Waals surface area contributed by atoms with E-state index in [4.69, 9.17) is 4.74 Å². The van der Waals surface area contributed by atoms with E-state index >= 15 is 0 Å². The minimum atomic E-state index is 0.621. The van der Waals surface area contributed by atoms with E-state index in [1.807, 2.05) is 18.2 Å². The number of anilines is 1. The minimum absolute atomic E-state index is 0.621. The Morgan fingerprint density at radius 1 is 0.923 bits per heavy atom. The summed E-state index contributed by atoms with van der Waals surface area (Å²) in [6.07, 6.45) is 1.17. The second-order valence-corrected chi connectivity index (χ2v) is 7.80. The summed E-state index contributed by atoms with van der Waals surface area (Å²) in [6, 6.07) is 23.4. The molecule has 4 rings (SSSR count). The summed E-state index contributed by atoms with van der Waals surface area (Å²) in [5.41, 5.74) is 3.78. The van der Waals surface area contributed by atoms with Gasteiger partial charge < -0.3 is 10.1 Å². The van der Waals surface area contributed by atoms with Gasteiger partial charge in [-0.2, -0.15) is 0 Å². The molecule has 1 aliphatic heterocycles. The van der Waals surface area contributed by atoms with Gasteiger partial charge in [0.25, 0.3) is 0 Å². The third-order valence-electron chi connectivity index (χ3n) is 4.89. The maximum absolute atomic E-state index is 6.06. The monoisotopic (exact) mass is 361 g/mol. The second kappa shape index (κ2) is 7.46. The highest BCUT2D eigenvalue weighted by molar-refractivity contribution is 7.99. The standard InChI is InChI=1S/C23H23NOS/c1-3-16(2)18-10-8-17(9-11-18)15-24-19-12-13-23-21(14-19)25-20-6-4-5-7-22(20)26-23/h4-14,16,24H,3,15H2,1-2H3. The molecule has 132 valence electrons. The lowest BCUT2D eigenvalue weighted by Gasteiger charge is -2.20. The van der Waals surface area contributed by atoms with Gasteiger partial charge in [-0.05, 0) is 47.7 Å². The molecule has 1 unspecified atom stereocenters. The number of nitrogens with one attached hydrogen (secondary N) is 1. The van der Waals surface area contributed by atoms with Crippen LogP contribution in [0.25, 0.3) is 0 Å². The molecule has 1 aliphatic rings. The van der Waals surface area contributed by atoms with Crippen molar-refractivity contribution in [1.29, 1.82) is 0 Å². The molecule has 1 N–H and O–H groups in total. The Hall–Kier alpha value is -2.39. The van der Waals surface area contributed by atoms with Crippen LogP contribution in [0, 0.1) is 0 Å². The van der Waals surface area contributed by atoms with Crippen molar-refractivity contribution in [3.63, 3.8) is 0 Å². The molecule has 0 bridgehead atoms. The maximum atomic E-state index is 6.06. The van der Waals surface area contributed by atoms with Crippen LogP contribution in [0.4, 0.5) is 5.69 Å². The van der Waals surface area contributed by atoms with Crippen LogP contribution < -0.4 is 10.1 Å². The molecular weight excluding hydrogens is 338 g/mol. The molecular formula is C23H23NOS. The van der Waals surface area contributed by atoms with Crippen LogP contribution in [-0.2, 0) is 6.54 Å². The quantitative estimate of drug-likeness (QED) is 0.411. The van der Waals surface area contributed by atoms with Gasteiger partial charge in [0, 0.05) is 18.3 Å². The number of ether oxygens (including phenoxy) is 1. The van der Waals surface area contributed by atoms with Crippen molar-refractivity contribution in [2.24, 2.45) is 0 Å². The summed E-state index contributed by atoms with van der Waals surface area (Å²) < 4.78 is 6.06. The summed E-state index contributed by atoms with van der Waals surface area (Å²) in [5, 5.41) is 3.51. The molecule has 0 radical (unpaired) electrons. The molecule has 2 nitrogen and oxygen atoms in total. The fraction of sp³-hybridized carbons (Fsp3) is 0.217. The molecule has 1 heterocycles. The smallest absolute Gasteiger partial charge is 0.143 e. The van der Waals surface area contributed by atoms with E-state index in [2.05, 4.69) is 67.7 Å². The van der Waals surface area contributed by atoms with Crippen LogP contribution in [0.3, 0.4) is 0 Å². The van der Waals surface area contributed by atoms with Crippen LogP contribution >= 0.6 is 11.8 Å². The topological polar surface area (TPSA) is 21.3 Å². The number of hydrogen-bond acceptors (Lipinski definition) is 3. The Kier molecular flexibility index (Phi) is 4.89. The molecule has 0 amide bonds. The molecule has 26 heavy (non-hydrogen) atoms. The van der Waals surface area contributed by atoms with E-state index in [-0.39, 0.29) is 0 Å². The molecule has 0 aromatic heterocycles. The molecule has 0 fully saturated rings. The number of fused-ring (bicyclic) bond motifs is 2. The molecule has 3 heteroatoms. The van der Waals surface area contributed by atoms with Crippen molar-refractivity contribution in [3.05, 3.63) is 77.9 Å². The summed E-state index contributed by atoms with van der Waals surface area (Å²) >= 11 is 1.76. The lowest BCUT2D eigenvalue weighted by Crippen LogP contribution is -2.01. The van der Waals surface area contributed by atoms with Crippen molar-refractivity contribution in [2.75, 3.05) is 5.32 Å². The molecule has 0 saturated carbocycles. The van der Waals surface area contributed by atoms with Crippen molar-refractivity contribution >= 4 is 17.4 Å².